The van der Waals surface area contributed by atoms with Crippen molar-refractivity contribution in [2.75, 3.05) is 5.75 Å². The molecule has 0 bridgehead atoms. The second-order valence-corrected chi connectivity index (χ2v) is 7.03. The van der Waals surface area contributed by atoms with Gasteiger partial charge in [-0.05, 0) is 30.5 Å². The van der Waals surface area contributed by atoms with Gasteiger partial charge in [0, 0.05) is 15.8 Å². The van der Waals surface area contributed by atoms with Crippen LogP contribution in [0.3, 0.4) is 0 Å². The summed E-state index contributed by atoms with van der Waals surface area (Å²) in [4.78, 5) is 4.70. The van der Waals surface area contributed by atoms with E-state index in [4.69, 9.17) is 4.99 Å². The van der Waals surface area contributed by atoms with Crippen molar-refractivity contribution in [3.63, 3.8) is 0 Å². The lowest BCUT2D eigenvalue weighted by atomic mass is 10.0. The van der Waals surface area contributed by atoms with Crippen molar-refractivity contribution >= 4 is 32.9 Å². The Kier molecular flexibility index (Phi) is 3.66. The lowest BCUT2D eigenvalue weighted by Gasteiger charge is -2.21. The summed E-state index contributed by atoms with van der Waals surface area (Å²) in [6, 6.07) is 8.37. The zero-order valence-corrected chi connectivity index (χ0v) is 12.7. The van der Waals surface area contributed by atoms with E-state index in [0.717, 1.165) is 16.2 Å². The molecule has 2 aliphatic rings. The van der Waals surface area contributed by atoms with Crippen molar-refractivity contribution in [2.45, 2.75) is 37.8 Å². The first kappa shape index (κ1) is 12.5. The van der Waals surface area contributed by atoms with Crippen LogP contribution in [0.2, 0.25) is 0 Å². The average molecular weight is 325 g/mol. The number of amidine groups is 1. The van der Waals surface area contributed by atoms with Crippen LogP contribution in [0.25, 0.3) is 0 Å². The summed E-state index contributed by atoms with van der Waals surface area (Å²) in [6.07, 6.45) is 5.37. The molecule has 0 radical (unpaired) electrons. The normalized spacial score (nSPS) is 23.7. The summed E-state index contributed by atoms with van der Waals surface area (Å²) >= 11 is 5.38. The van der Waals surface area contributed by atoms with Gasteiger partial charge in [0.1, 0.15) is 0 Å². The number of nitrogens with one attached hydrogen (secondary N) is 1. The molecule has 1 aromatic rings. The van der Waals surface area contributed by atoms with Crippen LogP contribution in [0.4, 0.5) is 0 Å². The summed E-state index contributed by atoms with van der Waals surface area (Å²) < 4.78 is 1.12. The summed E-state index contributed by atoms with van der Waals surface area (Å²) in [7, 11) is 0. The number of hydrogen-bond donors (Lipinski definition) is 1. The van der Waals surface area contributed by atoms with Crippen molar-refractivity contribution in [3.05, 3.63) is 34.3 Å². The van der Waals surface area contributed by atoms with Gasteiger partial charge in [0.05, 0.1) is 6.54 Å². The van der Waals surface area contributed by atoms with E-state index in [-0.39, 0.29) is 0 Å². The van der Waals surface area contributed by atoms with E-state index in [1.165, 1.54) is 37.0 Å². The first-order valence-electron chi connectivity index (χ1n) is 6.46. The van der Waals surface area contributed by atoms with Crippen LogP contribution in [-0.2, 0) is 6.54 Å². The van der Waals surface area contributed by atoms with Crippen molar-refractivity contribution in [1.29, 1.82) is 0 Å². The van der Waals surface area contributed by atoms with Gasteiger partial charge in [0.2, 0.25) is 0 Å². The average Bonchev–Trinajstić information content (AvgIpc) is 2.98. The van der Waals surface area contributed by atoms with E-state index in [1.54, 1.807) is 0 Å². The van der Waals surface area contributed by atoms with E-state index in [9.17, 15) is 0 Å². The number of nitrogens with zero attached hydrogens (tertiary/aromatic N) is 1. The van der Waals surface area contributed by atoms with Crippen LogP contribution in [-0.4, -0.2) is 16.5 Å². The van der Waals surface area contributed by atoms with Crippen LogP contribution >= 0.6 is 27.7 Å². The molecule has 1 aromatic carbocycles. The minimum Gasteiger partial charge on any atom is -0.359 e. The smallest absolute Gasteiger partial charge is 0.157 e. The maximum atomic E-state index is 4.70. The van der Waals surface area contributed by atoms with Crippen LogP contribution in [0.1, 0.15) is 31.2 Å². The molecule has 2 nitrogen and oxygen atoms in total. The first-order chi connectivity index (χ1) is 8.76. The molecular weight excluding hydrogens is 308 g/mol. The van der Waals surface area contributed by atoms with Gasteiger partial charge < -0.3 is 5.32 Å². The molecule has 1 heterocycles. The molecule has 1 N–H and O–H groups in total. The first-order valence-corrected chi connectivity index (χ1v) is 8.24. The highest BCUT2D eigenvalue weighted by atomic mass is 79.9. The zero-order valence-electron chi connectivity index (χ0n) is 10.3. The fraction of sp³-hybridized carbons (Fsp3) is 0.500. The molecule has 96 valence electrons. The third kappa shape index (κ3) is 2.75. The maximum Gasteiger partial charge on any atom is 0.157 e. The Hall–Kier alpha value is -0.480. The van der Waals surface area contributed by atoms with Crippen LogP contribution in [0, 0.1) is 0 Å². The zero-order chi connectivity index (χ0) is 12.4. The molecule has 4 heteroatoms. The number of aliphatic imine (C=N–C) groups is 1. The molecule has 1 aliphatic carbocycles. The fourth-order valence-electron chi connectivity index (χ4n) is 2.71. The quantitative estimate of drug-likeness (QED) is 0.890. The third-order valence-electron chi connectivity index (χ3n) is 3.71. The Morgan fingerprint density at radius 3 is 2.94 bits per heavy atom. The molecule has 0 amide bonds. The van der Waals surface area contributed by atoms with Gasteiger partial charge in [-0.2, -0.15) is 0 Å². The van der Waals surface area contributed by atoms with Gasteiger partial charge in [0.15, 0.2) is 5.17 Å². The van der Waals surface area contributed by atoms with Crippen LogP contribution in [0.15, 0.2) is 33.7 Å². The largest absolute Gasteiger partial charge is 0.359 e. The van der Waals surface area contributed by atoms with Crippen molar-refractivity contribution in [1.82, 2.24) is 5.32 Å². The van der Waals surface area contributed by atoms with Gasteiger partial charge in [0.25, 0.3) is 0 Å². The second-order valence-electron chi connectivity index (χ2n) is 5.15. The minimum absolute atomic E-state index is 0.376. The van der Waals surface area contributed by atoms with Crippen LogP contribution in [0.5, 0.6) is 0 Å². The Morgan fingerprint density at radius 2 is 2.17 bits per heavy atom. The molecule has 0 atom stereocenters. The number of hydrogen-bond acceptors (Lipinski definition) is 2. The molecular formula is C14H17BrN2S. The predicted octanol–water partition coefficient (Wildman–Crippen LogP) is 3.95. The van der Waals surface area contributed by atoms with E-state index in [1.807, 2.05) is 17.8 Å². The molecule has 1 saturated carbocycles. The monoisotopic (exact) mass is 324 g/mol. The van der Waals surface area contributed by atoms with Gasteiger partial charge in [-0.1, -0.05) is 52.7 Å². The molecule has 1 saturated heterocycles. The molecule has 1 aliphatic heterocycles. The van der Waals surface area contributed by atoms with E-state index < -0.39 is 0 Å². The number of thioether (sulfide) groups is 1. The van der Waals surface area contributed by atoms with E-state index >= 15 is 0 Å². The highest BCUT2D eigenvalue weighted by Crippen LogP contribution is 2.37. The topological polar surface area (TPSA) is 24.4 Å². The van der Waals surface area contributed by atoms with Gasteiger partial charge in [-0.3, -0.25) is 4.99 Å². The second kappa shape index (κ2) is 5.25. The van der Waals surface area contributed by atoms with E-state index in [2.05, 4.69) is 39.4 Å². The van der Waals surface area contributed by atoms with Crippen LogP contribution < -0.4 is 5.32 Å². The SMILES string of the molecule is Brc1cccc(CN=C2NC3(CCCC3)CS2)c1. The fourth-order valence-corrected chi connectivity index (χ4v) is 4.38. The summed E-state index contributed by atoms with van der Waals surface area (Å²) in [5, 5.41) is 4.79. The number of rotatable bonds is 2. The number of halogens is 1. The molecule has 0 aromatic heterocycles. The summed E-state index contributed by atoms with van der Waals surface area (Å²) in [6.45, 7) is 0.769. The summed E-state index contributed by atoms with van der Waals surface area (Å²) in [5.41, 5.74) is 1.63. The highest BCUT2D eigenvalue weighted by Gasteiger charge is 2.39. The minimum atomic E-state index is 0.376. The van der Waals surface area contributed by atoms with Crippen molar-refractivity contribution < 1.29 is 0 Å². The highest BCUT2D eigenvalue weighted by molar-refractivity contribution is 9.10. The number of benzene rings is 1. The lowest BCUT2D eigenvalue weighted by Crippen LogP contribution is -2.40. The predicted molar refractivity (Wildman–Crippen MR) is 82.1 cm³/mol. The maximum absolute atomic E-state index is 4.70. The Morgan fingerprint density at radius 1 is 1.33 bits per heavy atom. The van der Waals surface area contributed by atoms with Crippen molar-refractivity contribution in [2.24, 2.45) is 4.99 Å². The Bertz CT molecular complexity index is 467. The van der Waals surface area contributed by atoms with Crippen molar-refractivity contribution in [3.8, 4) is 0 Å². The Balaban J connectivity index is 1.64. The van der Waals surface area contributed by atoms with Gasteiger partial charge in [-0.25, -0.2) is 0 Å². The molecule has 3 rings (SSSR count). The van der Waals surface area contributed by atoms with E-state index in [0.29, 0.717) is 5.54 Å². The summed E-state index contributed by atoms with van der Waals surface area (Å²) in [5.74, 6) is 1.20. The molecule has 0 unspecified atom stereocenters. The molecule has 1 spiro atoms. The van der Waals surface area contributed by atoms with Gasteiger partial charge >= 0.3 is 0 Å². The molecule has 2 fully saturated rings. The van der Waals surface area contributed by atoms with Gasteiger partial charge in [-0.15, -0.1) is 0 Å². The molecule has 18 heavy (non-hydrogen) atoms. The standard InChI is InChI=1S/C14H17BrN2S/c15-12-5-3-4-11(8-12)9-16-13-17-14(10-18-13)6-1-2-7-14/h3-5,8H,1-2,6-7,9-10H2,(H,16,17). The Labute approximate surface area is 121 Å². The third-order valence-corrected chi connectivity index (χ3v) is 5.41. The lowest BCUT2D eigenvalue weighted by molar-refractivity contribution is 0.452.